The summed E-state index contributed by atoms with van der Waals surface area (Å²) in [7, 11) is 3.20. The van der Waals surface area contributed by atoms with Crippen LogP contribution in [0.5, 0.6) is 11.5 Å². The first kappa shape index (κ1) is 22.8. The first-order valence-electron chi connectivity index (χ1n) is 10.9. The largest absolute Gasteiger partial charge is 0.493 e. The lowest BCUT2D eigenvalue weighted by Crippen LogP contribution is -2.23. The minimum Gasteiger partial charge on any atom is -0.493 e. The molecule has 0 spiro atoms. The van der Waals surface area contributed by atoms with E-state index in [4.69, 9.17) is 14.6 Å². The minimum atomic E-state index is -0.179. The van der Waals surface area contributed by atoms with Gasteiger partial charge in [-0.05, 0) is 48.5 Å². The van der Waals surface area contributed by atoms with Crippen LogP contribution in [-0.2, 0) is 11.2 Å². The van der Waals surface area contributed by atoms with Crippen molar-refractivity contribution in [2.75, 3.05) is 20.8 Å². The van der Waals surface area contributed by atoms with E-state index >= 15 is 0 Å². The standard InChI is InChI=1S/C27H26N4O3/c1-33-24-13-11-20(18-25(24)34-2)27-21(19-31(30-27)23-9-4-3-5-10-23)12-14-26(32)29-17-15-22-8-6-7-16-28-22/h3-14,16,18-19H,15,17H2,1-2H3,(H,29,32). The third-order valence-corrected chi connectivity index (χ3v) is 5.24. The van der Waals surface area contributed by atoms with Gasteiger partial charge >= 0.3 is 0 Å². The average Bonchev–Trinajstić information content (AvgIpc) is 3.32. The van der Waals surface area contributed by atoms with Crippen molar-refractivity contribution in [2.24, 2.45) is 0 Å². The molecule has 4 aromatic rings. The Labute approximate surface area is 198 Å². The van der Waals surface area contributed by atoms with Crippen LogP contribution in [0.2, 0.25) is 0 Å². The predicted octanol–water partition coefficient (Wildman–Crippen LogP) is 4.32. The van der Waals surface area contributed by atoms with Gasteiger partial charge in [-0.1, -0.05) is 24.3 Å². The third kappa shape index (κ3) is 5.50. The van der Waals surface area contributed by atoms with Crippen LogP contribution in [0.4, 0.5) is 0 Å². The maximum absolute atomic E-state index is 12.4. The molecule has 0 fully saturated rings. The molecule has 4 rings (SSSR count). The molecule has 0 atom stereocenters. The molecule has 7 heteroatoms. The molecule has 0 aliphatic carbocycles. The van der Waals surface area contributed by atoms with Gasteiger partial charge in [0.2, 0.25) is 5.91 Å². The summed E-state index contributed by atoms with van der Waals surface area (Å²) in [5, 5.41) is 7.69. The van der Waals surface area contributed by atoms with Crippen molar-refractivity contribution in [1.82, 2.24) is 20.1 Å². The van der Waals surface area contributed by atoms with E-state index in [-0.39, 0.29) is 5.91 Å². The van der Waals surface area contributed by atoms with Crippen molar-refractivity contribution in [3.05, 3.63) is 96.5 Å². The summed E-state index contributed by atoms with van der Waals surface area (Å²) in [6.45, 7) is 0.506. The predicted molar refractivity (Wildman–Crippen MR) is 132 cm³/mol. The average molecular weight is 455 g/mol. The van der Waals surface area contributed by atoms with Crippen molar-refractivity contribution in [3.63, 3.8) is 0 Å². The highest BCUT2D eigenvalue weighted by Gasteiger charge is 2.14. The van der Waals surface area contributed by atoms with E-state index in [1.165, 1.54) is 6.08 Å². The van der Waals surface area contributed by atoms with Crippen LogP contribution in [0.3, 0.4) is 0 Å². The maximum Gasteiger partial charge on any atom is 0.244 e. The number of nitrogens with zero attached hydrogens (tertiary/aromatic N) is 3. The van der Waals surface area contributed by atoms with Crippen LogP contribution in [0.25, 0.3) is 23.0 Å². The van der Waals surface area contributed by atoms with Gasteiger partial charge in [0, 0.05) is 48.3 Å². The molecule has 7 nitrogen and oxygen atoms in total. The zero-order chi connectivity index (χ0) is 23.8. The Morgan fingerprint density at radius 2 is 1.79 bits per heavy atom. The highest BCUT2D eigenvalue weighted by atomic mass is 16.5. The zero-order valence-electron chi connectivity index (χ0n) is 19.1. The summed E-state index contributed by atoms with van der Waals surface area (Å²) >= 11 is 0. The number of nitrogens with one attached hydrogen (secondary N) is 1. The lowest BCUT2D eigenvalue weighted by atomic mass is 10.1. The van der Waals surface area contributed by atoms with Gasteiger partial charge in [0.15, 0.2) is 11.5 Å². The van der Waals surface area contributed by atoms with Crippen molar-refractivity contribution in [2.45, 2.75) is 6.42 Å². The van der Waals surface area contributed by atoms with Gasteiger partial charge in [-0.2, -0.15) is 5.10 Å². The van der Waals surface area contributed by atoms with Crippen molar-refractivity contribution in [1.29, 1.82) is 0 Å². The second kappa shape index (κ2) is 11.0. The molecular formula is C27H26N4O3. The Morgan fingerprint density at radius 3 is 2.53 bits per heavy atom. The van der Waals surface area contributed by atoms with E-state index in [9.17, 15) is 4.79 Å². The lowest BCUT2D eigenvalue weighted by molar-refractivity contribution is -0.116. The Bertz CT molecular complexity index is 1270. The molecule has 1 amide bonds. The number of hydrogen-bond donors (Lipinski definition) is 1. The van der Waals surface area contributed by atoms with Crippen molar-refractivity contribution >= 4 is 12.0 Å². The molecule has 0 aliphatic heterocycles. The topological polar surface area (TPSA) is 78.3 Å². The van der Waals surface area contributed by atoms with Crippen LogP contribution >= 0.6 is 0 Å². The summed E-state index contributed by atoms with van der Waals surface area (Å²) in [6, 6.07) is 21.2. The molecule has 0 saturated heterocycles. The van der Waals surface area contributed by atoms with Crippen LogP contribution < -0.4 is 14.8 Å². The summed E-state index contributed by atoms with van der Waals surface area (Å²) in [5.74, 6) is 1.07. The summed E-state index contributed by atoms with van der Waals surface area (Å²) in [5.41, 5.74) is 4.23. The van der Waals surface area contributed by atoms with Crippen molar-refractivity contribution < 1.29 is 14.3 Å². The summed E-state index contributed by atoms with van der Waals surface area (Å²) < 4.78 is 12.6. The number of benzene rings is 2. The molecule has 2 heterocycles. The van der Waals surface area contributed by atoms with Crippen LogP contribution in [0.15, 0.2) is 85.2 Å². The number of aromatic nitrogens is 3. The van der Waals surface area contributed by atoms with E-state index in [0.717, 1.165) is 28.2 Å². The fourth-order valence-corrected chi connectivity index (χ4v) is 3.51. The number of para-hydroxylation sites is 1. The Kier molecular flexibility index (Phi) is 7.35. The van der Waals surface area contributed by atoms with Crippen LogP contribution in [-0.4, -0.2) is 41.4 Å². The molecule has 1 N–H and O–H groups in total. The quantitative estimate of drug-likeness (QED) is 0.381. The highest BCUT2D eigenvalue weighted by Crippen LogP contribution is 2.33. The smallest absolute Gasteiger partial charge is 0.244 e. The minimum absolute atomic E-state index is 0.179. The van der Waals surface area contributed by atoms with E-state index in [1.54, 1.807) is 31.2 Å². The summed E-state index contributed by atoms with van der Waals surface area (Å²) in [6.07, 6.45) is 7.61. The van der Waals surface area contributed by atoms with Crippen LogP contribution in [0.1, 0.15) is 11.3 Å². The molecule has 0 unspecified atom stereocenters. The monoisotopic (exact) mass is 454 g/mol. The number of carbonyl (C=O) groups is 1. The number of hydrogen-bond acceptors (Lipinski definition) is 5. The number of rotatable bonds is 9. The van der Waals surface area contributed by atoms with Gasteiger partial charge < -0.3 is 14.8 Å². The number of amides is 1. The fourth-order valence-electron chi connectivity index (χ4n) is 3.51. The van der Waals surface area contributed by atoms with E-state index < -0.39 is 0 Å². The van der Waals surface area contributed by atoms with Gasteiger partial charge in [0.25, 0.3) is 0 Å². The van der Waals surface area contributed by atoms with Gasteiger partial charge in [-0.25, -0.2) is 4.68 Å². The number of carbonyl (C=O) groups excluding carboxylic acids is 1. The van der Waals surface area contributed by atoms with E-state index in [1.807, 2.05) is 72.9 Å². The first-order valence-corrected chi connectivity index (χ1v) is 10.9. The van der Waals surface area contributed by atoms with Gasteiger partial charge in [0.05, 0.1) is 19.9 Å². The van der Waals surface area contributed by atoms with Crippen molar-refractivity contribution in [3.8, 4) is 28.4 Å². The molecule has 34 heavy (non-hydrogen) atoms. The molecule has 2 aromatic heterocycles. The molecule has 0 radical (unpaired) electrons. The van der Waals surface area contributed by atoms with Gasteiger partial charge in [0.1, 0.15) is 5.69 Å². The van der Waals surface area contributed by atoms with Gasteiger partial charge in [-0.3, -0.25) is 9.78 Å². The first-order chi connectivity index (χ1) is 16.7. The molecule has 0 saturated carbocycles. The molecular weight excluding hydrogens is 428 g/mol. The molecule has 0 aliphatic rings. The summed E-state index contributed by atoms with van der Waals surface area (Å²) in [4.78, 5) is 16.7. The third-order valence-electron chi connectivity index (χ3n) is 5.24. The van der Waals surface area contributed by atoms with E-state index in [2.05, 4.69) is 10.3 Å². The molecule has 172 valence electrons. The SMILES string of the molecule is COc1ccc(-c2nn(-c3ccccc3)cc2C=CC(=O)NCCc2ccccn2)cc1OC. The Morgan fingerprint density at radius 1 is 1.00 bits per heavy atom. The second-order valence-electron chi connectivity index (χ2n) is 7.48. The fraction of sp³-hybridized carbons (Fsp3) is 0.148. The number of methoxy groups -OCH3 is 2. The maximum atomic E-state index is 12.4. The highest BCUT2D eigenvalue weighted by molar-refractivity contribution is 5.92. The van der Waals surface area contributed by atoms with E-state index in [0.29, 0.717) is 24.5 Å². The van der Waals surface area contributed by atoms with Gasteiger partial charge in [-0.15, -0.1) is 0 Å². The molecule has 0 bridgehead atoms. The normalized spacial score (nSPS) is 10.9. The molecule has 2 aromatic carbocycles. The zero-order valence-corrected chi connectivity index (χ0v) is 19.1. The lowest BCUT2D eigenvalue weighted by Gasteiger charge is -2.09. The second-order valence-corrected chi connectivity index (χ2v) is 7.48. The Hall–Kier alpha value is -4.39. The Balaban J connectivity index is 1.58. The number of ether oxygens (including phenoxy) is 2. The number of pyridine rings is 1. The van der Waals surface area contributed by atoms with Crippen LogP contribution in [0, 0.1) is 0 Å².